The molecular weight excluding hydrogens is 200 g/mol. The summed E-state index contributed by atoms with van der Waals surface area (Å²) in [5.74, 6) is 1.99. The van der Waals surface area contributed by atoms with E-state index in [0.29, 0.717) is 0 Å². The highest BCUT2D eigenvalue weighted by atomic mass is 16.5. The Morgan fingerprint density at radius 3 is 2.81 bits per heavy atom. The lowest BCUT2D eigenvalue weighted by atomic mass is 9.99. The van der Waals surface area contributed by atoms with Gasteiger partial charge in [-0.1, -0.05) is 24.3 Å². The minimum Gasteiger partial charge on any atom is -0.496 e. The van der Waals surface area contributed by atoms with E-state index in [4.69, 9.17) is 9.47 Å². The number of rotatable bonds is 1. The van der Waals surface area contributed by atoms with Crippen molar-refractivity contribution in [3.63, 3.8) is 0 Å². The molecule has 0 saturated carbocycles. The van der Waals surface area contributed by atoms with Crippen LogP contribution in [0.15, 0.2) is 30.3 Å². The van der Waals surface area contributed by atoms with Gasteiger partial charge in [0.1, 0.15) is 11.5 Å². The summed E-state index contributed by atoms with van der Waals surface area (Å²) in [6.07, 6.45) is 2.17. The molecule has 1 heterocycles. The minimum atomic E-state index is 0.823. The van der Waals surface area contributed by atoms with Crippen molar-refractivity contribution in [2.75, 3.05) is 13.7 Å². The fraction of sp³-hybridized carbons (Fsp3) is 0.286. The topological polar surface area (TPSA) is 18.5 Å². The van der Waals surface area contributed by atoms with Crippen molar-refractivity contribution in [2.24, 2.45) is 0 Å². The average molecular weight is 214 g/mol. The van der Waals surface area contributed by atoms with Crippen LogP contribution >= 0.6 is 0 Å². The van der Waals surface area contributed by atoms with Crippen molar-refractivity contribution in [1.82, 2.24) is 0 Å². The quantitative estimate of drug-likeness (QED) is 0.726. The third-order valence-electron chi connectivity index (χ3n) is 3.09. The SMILES string of the molecule is COc1cc2c(c3ccccc13)OCCC2. The van der Waals surface area contributed by atoms with Crippen LogP contribution < -0.4 is 9.47 Å². The molecule has 16 heavy (non-hydrogen) atoms. The van der Waals surface area contributed by atoms with Gasteiger partial charge in [-0.2, -0.15) is 0 Å². The molecular formula is C14H14O2. The number of fused-ring (bicyclic) bond motifs is 3. The Hall–Kier alpha value is -1.70. The van der Waals surface area contributed by atoms with Gasteiger partial charge in [-0.3, -0.25) is 0 Å². The van der Waals surface area contributed by atoms with Gasteiger partial charge in [-0.05, 0) is 24.5 Å². The van der Waals surface area contributed by atoms with Crippen molar-refractivity contribution < 1.29 is 9.47 Å². The highest BCUT2D eigenvalue weighted by molar-refractivity contribution is 5.94. The standard InChI is InChI=1S/C14H14O2/c1-15-13-9-10-5-4-8-16-14(10)12-7-3-2-6-11(12)13/h2-3,6-7,9H,4-5,8H2,1H3. The molecule has 0 radical (unpaired) electrons. The van der Waals surface area contributed by atoms with Crippen LogP contribution in [0, 0.1) is 0 Å². The van der Waals surface area contributed by atoms with Crippen LogP contribution in [0.5, 0.6) is 11.5 Å². The van der Waals surface area contributed by atoms with Crippen LogP contribution in [0.4, 0.5) is 0 Å². The number of benzene rings is 2. The second-order valence-electron chi connectivity index (χ2n) is 4.06. The fourth-order valence-electron chi connectivity index (χ4n) is 2.33. The van der Waals surface area contributed by atoms with Gasteiger partial charge in [0.05, 0.1) is 13.7 Å². The van der Waals surface area contributed by atoms with E-state index in [1.807, 2.05) is 12.1 Å². The van der Waals surface area contributed by atoms with Crippen LogP contribution in [0.1, 0.15) is 12.0 Å². The van der Waals surface area contributed by atoms with Crippen LogP contribution in [-0.4, -0.2) is 13.7 Å². The monoisotopic (exact) mass is 214 g/mol. The third-order valence-corrected chi connectivity index (χ3v) is 3.09. The predicted octanol–water partition coefficient (Wildman–Crippen LogP) is 3.17. The van der Waals surface area contributed by atoms with E-state index in [-0.39, 0.29) is 0 Å². The van der Waals surface area contributed by atoms with E-state index >= 15 is 0 Å². The maximum Gasteiger partial charge on any atom is 0.130 e. The Kier molecular flexibility index (Phi) is 2.21. The Balaban J connectivity index is 2.36. The van der Waals surface area contributed by atoms with Crippen molar-refractivity contribution in [2.45, 2.75) is 12.8 Å². The molecule has 0 aromatic heterocycles. The smallest absolute Gasteiger partial charge is 0.130 e. The van der Waals surface area contributed by atoms with Crippen molar-refractivity contribution in [3.8, 4) is 11.5 Å². The summed E-state index contributed by atoms with van der Waals surface area (Å²) < 4.78 is 11.2. The largest absolute Gasteiger partial charge is 0.496 e. The molecule has 2 heteroatoms. The normalized spacial score (nSPS) is 14.3. The number of hydrogen-bond donors (Lipinski definition) is 0. The van der Waals surface area contributed by atoms with E-state index in [1.54, 1.807) is 7.11 Å². The maximum absolute atomic E-state index is 5.78. The first-order valence-corrected chi connectivity index (χ1v) is 5.61. The predicted molar refractivity (Wildman–Crippen MR) is 64.3 cm³/mol. The van der Waals surface area contributed by atoms with Crippen molar-refractivity contribution in [1.29, 1.82) is 0 Å². The second kappa shape index (κ2) is 3.71. The number of ether oxygens (including phenoxy) is 2. The Morgan fingerprint density at radius 1 is 1.19 bits per heavy atom. The van der Waals surface area contributed by atoms with Gasteiger partial charge in [0, 0.05) is 10.8 Å². The van der Waals surface area contributed by atoms with Crippen LogP contribution in [-0.2, 0) is 6.42 Å². The Morgan fingerprint density at radius 2 is 2.00 bits per heavy atom. The van der Waals surface area contributed by atoms with Gasteiger partial charge >= 0.3 is 0 Å². The second-order valence-corrected chi connectivity index (χ2v) is 4.06. The van der Waals surface area contributed by atoms with Crippen molar-refractivity contribution >= 4 is 10.8 Å². The lowest BCUT2D eigenvalue weighted by molar-refractivity contribution is 0.291. The van der Waals surface area contributed by atoms with E-state index < -0.39 is 0 Å². The molecule has 1 aliphatic heterocycles. The molecule has 0 saturated heterocycles. The summed E-state index contributed by atoms with van der Waals surface area (Å²) in [6, 6.07) is 10.4. The molecule has 2 nitrogen and oxygen atoms in total. The molecule has 1 aliphatic rings. The molecule has 0 N–H and O–H groups in total. The summed E-state index contributed by atoms with van der Waals surface area (Å²) >= 11 is 0. The molecule has 0 atom stereocenters. The van der Waals surface area contributed by atoms with Gasteiger partial charge in [-0.15, -0.1) is 0 Å². The first-order valence-electron chi connectivity index (χ1n) is 5.61. The van der Waals surface area contributed by atoms with E-state index in [1.165, 1.54) is 5.56 Å². The lowest BCUT2D eigenvalue weighted by Crippen LogP contribution is -2.09. The molecule has 82 valence electrons. The van der Waals surface area contributed by atoms with Gasteiger partial charge in [0.15, 0.2) is 0 Å². The lowest BCUT2D eigenvalue weighted by Gasteiger charge is -2.20. The molecule has 0 fully saturated rings. The van der Waals surface area contributed by atoms with Gasteiger partial charge < -0.3 is 9.47 Å². The summed E-state index contributed by atoms with van der Waals surface area (Å²) in [4.78, 5) is 0. The number of methoxy groups -OCH3 is 1. The molecule has 2 aromatic rings. The molecule has 2 aromatic carbocycles. The molecule has 0 amide bonds. The number of hydrogen-bond acceptors (Lipinski definition) is 2. The zero-order chi connectivity index (χ0) is 11.0. The summed E-state index contributed by atoms with van der Waals surface area (Å²) in [7, 11) is 1.72. The molecule has 0 spiro atoms. The van der Waals surface area contributed by atoms with Gasteiger partial charge in [0.2, 0.25) is 0 Å². The fourth-order valence-corrected chi connectivity index (χ4v) is 2.33. The first-order chi connectivity index (χ1) is 7.90. The van der Waals surface area contributed by atoms with Crippen LogP contribution in [0.2, 0.25) is 0 Å². The van der Waals surface area contributed by atoms with E-state index in [2.05, 4.69) is 18.2 Å². The summed E-state index contributed by atoms with van der Waals surface area (Å²) in [5, 5.41) is 2.29. The van der Waals surface area contributed by atoms with Crippen LogP contribution in [0.3, 0.4) is 0 Å². The zero-order valence-electron chi connectivity index (χ0n) is 9.32. The highest BCUT2D eigenvalue weighted by Crippen LogP contribution is 2.38. The molecule has 0 aliphatic carbocycles. The van der Waals surface area contributed by atoms with E-state index in [9.17, 15) is 0 Å². The Bertz CT molecular complexity index is 531. The number of aryl methyl sites for hydroxylation is 1. The highest BCUT2D eigenvalue weighted by Gasteiger charge is 2.16. The molecule has 3 rings (SSSR count). The zero-order valence-corrected chi connectivity index (χ0v) is 9.32. The van der Waals surface area contributed by atoms with Gasteiger partial charge in [-0.25, -0.2) is 0 Å². The maximum atomic E-state index is 5.78. The Labute approximate surface area is 94.8 Å². The van der Waals surface area contributed by atoms with E-state index in [0.717, 1.165) is 41.7 Å². The van der Waals surface area contributed by atoms with Crippen molar-refractivity contribution in [3.05, 3.63) is 35.9 Å². The summed E-state index contributed by atoms with van der Waals surface area (Å²) in [5.41, 5.74) is 1.27. The first kappa shape index (κ1) is 9.52. The van der Waals surface area contributed by atoms with Gasteiger partial charge in [0.25, 0.3) is 0 Å². The van der Waals surface area contributed by atoms with Crippen LogP contribution in [0.25, 0.3) is 10.8 Å². The summed E-state index contributed by atoms with van der Waals surface area (Å²) in [6.45, 7) is 0.823. The molecule has 0 bridgehead atoms. The average Bonchev–Trinajstić information content (AvgIpc) is 2.38. The molecule has 0 unspecified atom stereocenters. The third kappa shape index (κ3) is 1.33. The minimum absolute atomic E-state index is 0.823.